The van der Waals surface area contributed by atoms with Crippen molar-refractivity contribution in [3.63, 3.8) is 0 Å². The van der Waals surface area contributed by atoms with Gasteiger partial charge in [-0.3, -0.25) is 0 Å². The summed E-state index contributed by atoms with van der Waals surface area (Å²) in [6, 6.07) is 15.7. The van der Waals surface area contributed by atoms with Gasteiger partial charge in [0.2, 0.25) is 0 Å². The van der Waals surface area contributed by atoms with Crippen molar-refractivity contribution in [3.05, 3.63) is 59.2 Å². The molecule has 0 aliphatic carbocycles. The van der Waals surface area contributed by atoms with Crippen LogP contribution in [0.1, 0.15) is 30.5 Å². The number of hydrogen-bond donors (Lipinski definition) is 0. The Kier molecular flexibility index (Phi) is 3.86. The fraction of sp³-hybridized carbons (Fsp3) is 0.333. The molecule has 2 rings (SSSR count). The molecule has 0 spiro atoms. The maximum Gasteiger partial charge on any atom is -0.0179 e. The highest BCUT2D eigenvalue weighted by molar-refractivity contribution is 5.65. The average Bonchev–Trinajstić information content (AvgIpc) is 2.27. The monoisotopic (exact) mass is 238 g/mol. The van der Waals surface area contributed by atoms with Gasteiger partial charge in [-0.15, -0.1) is 0 Å². The van der Waals surface area contributed by atoms with E-state index in [1.165, 1.54) is 27.8 Å². The summed E-state index contributed by atoms with van der Waals surface area (Å²) in [4.78, 5) is 0. The van der Waals surface area contributed by atoms with Crippen LogP contribution in [0.25, 0.3) is 11.1 Å². The molecule has 0 heteroatoms. The normalized spacial score (nSPS) is 10.9. The first-order valence-corrected chi connectivity index (χ1v) is 6.72. The second-order valence-electron chi connectivity index (χ2n) is 5.67. The molecule has 0 fully saturated rings. The molecule has 0 bridgehead atoms. The van der Waals surface area contributed by atoms with E-state index < -0.39 is 0 Å². The zero-order chi connectivity index (χ0) is 13.1. The van der Waals surface area contributed by atoms with Crippen molar-refractivity contribution >= 4 is 0 Å². The van der Waals surface area contributed by atoms with Crippen LogP contribution in [-0.2, 0) is 6.42 Å². The van der Waals surface area contributed by atoms with Gasteiger partial charge in [0, 0.05) is 0 Å². The molecule has 0 aliphatic heterocycles. The predicted octanol–water partition coefficient (Wildman–Crippen LogP) is 5.17. The lowest BCUT2D eigenvalue weighted by atomic mass is 9.97. The molecule has 2 aromatic rings. The third-order valence-electron chi connectivity index (χ3n) is 3.15. The molecule has 0 saturated carbocycles. The molecule has 0 aromatic heterocycles. The molecule has 2 aromatic carbocycles. The highest BCUT2D eigenvalue weighted by atomic mass is 14.1. The fourth-order valence-electron chi connectivity index (χ4n) is 2.45. The minimum atomic E-state index is 0.720. The predicted molar refractivity (Wildman–Crippen MR) is 79.9 cm³/mol. The summed E-state index contributed by atoms with van der Waals surface area (Å²) < 4.78 is 0. The Morgan fingerprint density at radius 2 is 1.33 bits per heavy atom. The SMILES string of the molecule is Cc1cc(C)cc(-c2ccc(CC(C)C)cc2)c1. The molecule has 18 heavy (non-hydrogen) atoms. The van der Waals surface area contributed by atoms with Crippen LogP contribution in [0, 0.1) is 19.8 Å². The van der Waals surface area contributed by atoms with Crippen LogP contribution < -0.4 is 0 Å². The largest absolute Gasteiger partial charge is 0.0625 e. The highest BCUT2D eigenvalue weighted by Crippen LogP contribution is 2.23. The molecule has 0 aliphatic rings. The molecule has 0 radical (unpaired) electrons. The minimum absolute atomic E-state index is 0.720. The Labute approximate surface area is 111 Å². The van der Waals surface area contributed by atoms with Crippen molar-refractivity contribution in [1.29, 1.82) is 0 Å². The smallest absolute Gasteiger partial charge is 0.0179 e. The van der Waals surface area contributed by atoms with Crippen molar-refractivity contribution in [2.75, 3.05) is 0 Å². The van der Waals surface area contributed by atoms with E-state index in [0.717, 1.165) is 12.3 Å². The standard InChI is InChI=1S/C18H22/c1-13(2)9-16-5-7-17(8-6-16)18-11-14(3)10-15(4)12-18/h5-8,10-13H,9H2,1-4H3. The quantitative estimate of drug-likeness (QED) is 0.692. The third-order valence-corrected chi connectivity index (χ3v) is 3.15. The highest BCUT2D eigenvalue weighted by Gasteiger charge is 2.01. The zero-order valence-electron chi connectivity index (χ0n) is 11.8. The van der Waals surface area contributed by atoms with Gasteiger partial charge >= 0.3 is 0 Å². The molecule has 0 atom stereocenters. The van der Waals surface area contributed by atoms with Gasteiger partial charge in [0.05, 0.1) is 0 Å². The first kappa shape index (κ1) is 12.9. The van der Waals surface area contributed by atoms with E-state index in [4.69, 9.17) is 0 Å². The molecule has 0 N–H and O–H groups in total. The van der Waals surface area contributed by atoms with Crippen LogP contribution in [0.4, 0.5) is 0 Å². The molecule has 0 amide bonds. The van der Waals surface area contributed by atoms with E-state index in [2.05, 4.69) is 70.2 Å². The molecule has 0 nitrogen and oxygen atoms in total. The van der Waals surface area contributed by atoms with Gasteiger partial charge in [-0.05, 0) is 42.9 Å². The Balaban J connectivity index is 2.28. The Morgan fingerprint density at radius 3 is 1.83 bits per heavy atom. The first-order chi connectivity index (χ1) is 8.54. The van der Waals surface area contributed by atoms with Gasteiger partial charge in [-0.25, -0.2) is 0 Å². The minimum Gasteiger partial charge on any atom is -0.0625 e. The van der Waals surface area contributed by atoms with Gasteiger partial charge in [0.15, 0.2) is 0 Å². The molecule has 0 unspecified atom stereocenters. The van der Waals surface area contributed by atoms with Gasteiger partial charge in [-0.2, -0.15) is 0 Å². The molecular weight excluding hydrogens is 216 g/mol. The summed E-state index contributed by atoms with van der Waals surface area (Å²) in [5, 5.41) is 0. The van der Waals surface area contributed by atoms with Crippen molar-refractivity contribution in [3.8, 4) is 11.1 Å². The Morgan fingerprint density at radius 1 is 0.778 bits per heavy atom. The maximum absolute atomic E-state index is 2.26. The van der Waals surface area contributed by atoms with Crippen molar-refractivity contribution in [2.45, 2.75) is 34.1 Å². The van der Waals surface area contributed by atoms with Crippen LogP contribution in [-0.4, -0.2) is 0 Å². The summed E-state index contributed by atoms with van der Waals surface area (Å²) >= 11 is 0. The van der Waals surface area contributed by atoms with E-state index in [-0.39, 0.29) is 0 Å². The van der Waals surface area contributed by atoms with Crippen LogP contribution in [0.5, 0.6) is 0 Å². The second-order valence-corrected chi connectivity index (χ2v) is 5.67. The third kappa shape index (κ3) is 3.22. The van der Waals surface area contributed by atoms with Gasteiger partial charge in [0.25, 0.3) is 0 Å². The summed E-state index contributed by atoms with van der Waals surface area (Å²) in [5.74, 6) is 0.720. The van der Waals surface area contributed by atoms with Crippen molar-refractivity contribution in [1.82, 2.24) is 0 Å². The summed E-state index contributed by atoms with van der Waals surface area (Å²) in [5.41, 5.74) is 6.73. The van der Waals surface area contributed by atoms with Gasteiger partial charge < -0.3 is 0 Å². The summed E-state index contributed by atoms with van der Waals surface area (Å²) in [7, 11) is 0. The van der Waals surface area contributed by atoms with Crippen LogP contribution >= 0.6 is 0 Å². The molecule has 0 saturated heterocycles. The Bertz CT molecular complexity index is 498. The molecule has 94 valence electrons. The lowest BCUT2D eigenvalue weighted by Gasteiger charge is -2.08. The topological polar surface area (TPSA) is 0 Å². The van der Waals surface area contributed by atoms with E-state index in [9.17, 15) is 0 Å². The number of benzene rings is 2. The fourth-order valence-corrected chi connectivity index (χ4v) is 2.45. The second kappa shape index (κ2) is 5.39. The van der Waals surface area contributed by atoms with Crippen LogP contribution in [0.15, 0.2) is 42.5 Å². The number of hydrogen-bond acceptors (Lipinski definition) is 0. The number of rotatable bonds is 3. The number of aryl methyl sites for hydroxylation is 2. The van der Waals surface area contributed by atoms with E-state index >= 15 is 0 Å². The van der Waals surface area contributed by atoms with Gasteiger partial charge in [-0.1, -0.05) is 67.4 Å². The Hall–Kier alpha value is -1.56. The van der Waals surface area contributed by atoms with Crippen molar-refractivity contribution in [2.24, 2.45) is 5.92 Å². The van der Waals surface area contributed by atoms with Gasteiger partial charge in [0.1, 0.15) is 0 Å². The lowest BCUT2D eigenvalue weighted by Crippen LogP contribution is -1.93. The van der Waals surface area contributed by atoms with Crippen LogP contribution in [0.3, 0.4) is 0 Å². The van der Waals surface area contributed by atoms with E-state index in [1.807, 2.05) is 0 Å². The van der Waals surface area contributed by atoms with E-state index in [1.54, 1.807) is 0 Å². The zero-order valence-corrected chi connectivity index (χ0v) is 11.8. The summed E-state index contributed by atoms with van der Waals surface area (Å²) in [6.07, 6.45) is 1.16. The average molecular weight is 238 g/mol. The molecular formula is C18H22. The van der Waals surface area contributed by atoms with Crippen molar-refractivity contribution < 1.29 is 0 Å². The van der Waals surface area contributed by atoms with E-state index in [0.29, 0.717) is 0 Å². The summed E-state index contributed by atoms with van der Waals surface area (Å²) in [6.45, 7) is 8.84. The maximum atomic E-state index is 2.26. The first-order valence-electron chi connectivity index (χ1n) is 6.72. The van der Waals surface area contributed by atoms with Crippen LogP contribution in [0.2, 0.25) is 0 Å². The lowest BCUT2D eigenvalue weighted by molar-refractivity contribution is 0.647. The molecule has 0 heterocycles.